The van der Waals surface area contributed by atoms with Crippen molar-refractivity contribution in [3.8, 4) is 5.75 Å². The smallest absolute Gasteiger partial charge is 0.416 e. The van der Waals surface area contributed by atoms with Crippen LogP contribution in [0.2, 0.25) is 0 Å². The predicted molar refractivity (Wildman–Crippen MR) is 72.4 cm³/mol. The zero-order chi connectivity index (χ0) is 14.4. The van der Waals surface area contributed by atoms with Gasteiger partial charge in [-0.2, -0.15) is 13.2 Å². The Kier molecular flexibility index (Phi) is 4.45. The number of halogens is 3. The number of rotatable bonds is 4. The molecule has 0 saturated carbocycles. The van der Waals surface area contributed by atoms with Crippen LogP contribution in [0.4, 0.5) is 13.2 Å². The normalized spacial score (nSPS) is 11.8. The van der Waals surface area contributed by atoms with Crippen molar-refractivity contribution < 1.29 is 17.9 Å². The minimum atomic E-state index is -4.31. The number of hydrogen-bond acceptors (Lipinski definition) is 1. The molecule has 0 atom stereocenters. The number of ether oxygens (including phenoxy) is 1. The Labute approximate surface area is 115 Å². The monoisotopic (exact) mass is 278 g/mol. The van der Waals surface area contributed by atoms with Gasteiger partial charge in [0.2, 0.25) is 0 Å². The lowest BCUT2D eigenvalue weighted by Crippen LogP contribution is -2.04. The highest BCUT2D eigenvalue weighted by Crippen LogP contribution is 2.30. The van der Waals surface area contributed by atoms with Crippen molar-refractivity contribution in [2.45, 2.75) is 6.18 Å². The topological polar surface area (TPSA) is 9.23 Å². The van der Waals surface area contributed by atoms with Crippen LogP contribution >= 0.6 is 0 Å². The molecule has 0 amide bonds. The molecule has 0 saturated heterocycles. The van der Waals surface area contributed by atoms with Gasteiger partial charge in [0.05, 0.1) is 5.56 Å². The maximum absolute atomic E-state index is 12.4. The van der Waals surface area contributed by atoms with Gasteiger partial charge in [-0.1, -0.05) is 36.4 Å². The van der Waals surface area contributed by atoms with Crippen molar-refractivity contribution in [3.05, 3.63) is 71.8 Å². The van der Waals surface area contributed by atoms with Crippen molar-refractivity contribution in [1.82, 2.24) is 0 Å². The van der Waals surface area contributed by atoms with Gasteiger partial charge in [0.1, 0.15) is 12.4 Å². The van der Waals surface area contributed by atoms with E-state index in [1.807, 2.05) is 42.5 Å². The molecule has 0 aliphatic heterocycles. The molecule has 0 unspecified atom stereocenters. The molecule has 20 heavy (non-hydrogen) atoms. The lowest BCUT2D eigenvalue weighted by molar-refractivity contribution is -0.137. The zero-order valence-corrected chi connectivity index (χ0v) is 10.6. The summed E-state index contributed by atoms with van der Waals surface area (Å²) in [4.78, 5) is 0. The highest BCUT2D eigenvalue weighted by Gasteiger charge is 2.29. The van der Waals surface area contributed by atoms with E-state index in [1.165, 1.54) is 12.1 Å². The maximum Gasteiger partial charge on any atom is 0.416 e. The first-order valence-corrected chi connectivity index (χ1v) is 6.07. The molecule has 0 aliphatic rings. The molecule has 0 aliphatic carbocycles. The Bertz CT molecular complexity index is 557. The van der Waals surface area contributed by atoms with Gasteiger partial charge in [-0.25, -0.2) is 0 Å². The van der Waals surface area contributed by atoms with Gasteiger partial charge in [0, 0.05) is 0 Å². The van der Waals surface area contributed by atoms with E-state index in [1.54, 1.807) is 0 Å². The first-order valence-electron chi connectivity index (χ1n) is 6.07. The van der Waals surface area contributed by atoms with E-state index in [-0.39, 0.29) is 0 Å². The molecule has 0 heterocycles. The third kappa shape index (κ3) is 4.16. The molecule has 1 nitrogen and oxygen atoms in total. The third-order valence-corrected chi connectivity index (χ3v) is 2.64. The Morgan fingerprint density at radius 1 is 0.900 bits per heavy atom. The summed E-state index contributed by atoms with van der Waals surface area (Å²) < 4.78 is 42.4. The summed E-state index contributed by atoms with van der Waals surface area (Å²) >= 11 is 0. The van der Waals surface area contributed by atoms with Gasteiger partial charge in [-0.05, 0) is 35.9 Å². The first-order chi connectivity index (χ1) is 9.55. The van der Waals surface area contributed by atoms with Crippen LogP contribution < -0.4 is 4.74 Å². The molecule has 2 rings (SSSR count). The summed E-state index contributed by atoms with van der Waals surface area (Å²) in [7, 11) is 0. The Morgan fingerprint density at radius 2 is 1.55 bits per heavy atom. The van der Waals surface area contributed by atoms with Gasteiger partial charge < -0.3 is 4.74 Å². The van der Waals surface area contributed by atoms with Crippen LogP contribution in [0.3, 0.4) is 0 Å². The Hall–Kier alpha value is -2.23. The van der Waals surface area contributed by atoms with Crippen molar-refractivity contribution in [1.29, 1.82) is 0 Å². The maximum atomic E-state index is 12.4. The van der Waals surface area contributed by atoms with E-state index < -0.39 is 11.7 Å². The van der Waals surface area contributed by atoms with E-state index in [2.05, 4.69) is 0 Å². The van der Waals surface area contributed by atoms with Crippen LogP contribution in [-0.4, -0.2) is 6.61 Å². The molecular weight excluding hydrogens is 265 g/mol. The fourth-order valence-corrected chi connectivity index (χ4v) is 1.63. The highest BCUT2D eigenvalue weighted by molar-refractivity contribution is 5.48. The van der Waals surface area contributed by atoms with Gasteiger partial charge in [-0.3, -0.25) is 0 Å². The van der Waals surface area contributed by atoms with E-state index in [4.69, 9.17) is 4.74 Å². The van der Waals surface area contributed by atoms with Gasteiger partial charge in [0.25, 0.3) is 0 Å². The summed E-state index contributed by atoms with van der Waals surface area (Å²) in [6.07, 6.45) is -0.608. The largest absolute Gasteiger partial charge is 0.490 e. The van der Waals surface area contributed by atoms with Crippen molar-refractivity contribution in [3.63, 3.8) is 0 Å². The van der Waals surface area contributed by atoms with Gasteiger partial charge in [-0.15, -0.1) is 0 Å². The van der Waals surface area contributed by atoms with Crippen LogP contribution in [0, 0.1) is 0 Å². The number of hydrogen-bond donors (Lipinski definition) is 0. The molecule has 2 aromatic rings. The van der Waals surface area contributed by atoms with Crippen molar-refractivity contribution in [2.75, 3.05) is 6.61 Å². The number of benzene rings is 2. The molecular formula is C16H13F3O. The molecule has 2 aromatic carbocycles. The van der Waals surface area contributed by atoms with Crippen molar-refractivity contribution >= 4 is 6.08 Å². The van der Waals surface area contributed by atoms with Crippen LogP contribution in [0.5, 0.6) is 5.75 Å². The fourth-order valence-electron chi connectivity index (χ4n) is 1.63. The summed E-state index contributed by atoms with van der Waals surface area (Å²) in [5.41, 5.74) is 0.369. The highest BCUT2D eigenvalue weighted by atomic mass is 19.4. The second-order valence-electron chi connectivity index (χ2n) is 4.15. The minimum absolute atomic E-state index is 0.306. The molecule has 0 fully saturated rings. The second kappa shape index (κ2) is 6.28. The quantitative estimate of drug-likeness (QED) is 0.780. The van der Waals surface area contributed by atoms with Gasteiger partial charge >= 0.3 is 6.18 Å². The van der Waals surface area contributed by atoms with Crippen LogP contribution in [0.25, 0.3) is 6.08 Å². The summed E-state index contributed by atoms with van der Waals surface area (Å²) in [5.74, 6) is 0.413. The minimum Gasteiger partial charge on any atom is -0.490 e. The lowest BCUT2D eigenvalue weighted by atomic mass is 10.2. The molecule has 4 heteroatoms. The lowest BCUT2D eigenvalue weighted by Gasteiger charge is -2.07. The zero-order valence-electron chi connectivity index (χ0n) is 10.6. The first kappa shape index (κ1) is 14.2. The van der Waals surface area contributed by atoms with E-state index in [9.17, 15) is 13.2 Å². The Morgan fingerprint density at radius 3 is 2.15 bits per heavy atom. The summed E-state index contributed by atoms with van der Waals surface area (Å²) in [5, 5.41) is 0. The predicted octanol–water partition coefficient (Wildman–Crippen LogP) is 4.80. The molecule has 0 bridgehead atoms. The average molecular weight is 278 g/mol. The third-order valence-electron chi connectivity index (χ3n) is 2.64. The SMILES string of the molecule is FC(F)(F)c1ccc(OCC=Cc2ccccc2)cc1. The molecule has 0 spiro atoms. The average Bonchev–Trinajstić information content (AvgIpc) is 2.44. The van der Waals surface area contributed by atoms with Crippen LogP contribution in [0.1, 0.15) is 11.1 Å². The van der Waals surface area contributed by atoms with E-state index in [0.29, 0.717) is 12.4 Å². The van der Waals surface area contributed by atoms with Crippen molar-refractivity contribution in [2.24, 2.45) is 0 Å². The summed E-state index contributed by atoms with van der Waals surface area (Å²) in [6.45, 7) is 0.306. The molecule has 0 radical (unpaired) electrons. The molecule has 104 valence electrons. The van der Waals surface area contributed by atoms with Gasteiger partial charge in [0.15, 0.2) is 0 Å². The van der Waals surface area contributed by atoms with E-state index >= 15 is 0 Å². The fraction of sp³-hybridized carbons (Fsp3) is 0.125. The standard InChI is InChI=1S/C16H13F3O/c17-16(18,19)14-8-10-15(11-9-14)20-12-4-7-13-5-2-1-3-6-13/h1-11H,12H2. The van der Waals surface area contributed by atoms with E-state index in [0.717, 1.165) is 17.7 Å². The number of alkyl halides is 3. The van der Waals surface area contributed by atoms with Crippen LogP contribution in [0.15, 0.2) is 60.7 Å². The van der Waals surface area contributed by atoms with Crippen LogP contribution in [-0.2, 0) is 6.18 Å². The Balaban J connectivity index is 1.87. The molecule has 0 N–H and O–H groups in total. The second-order valence-corrected chi connectivity index (χ2v) is 4.15. The summed E-state index contributed by atoms with van der Waals surface area (Å²) in [6, 6.07) is 14.3. The molecule has 0 aromatic heterocycles.